The van der Waals surface area contributed by atoms with Crippen molar-refractivity contribution in [3.63, 3.8) is 0 Å². The van der Waals surface area contributed by atoms with Crippen LogP contribution >= 0.6 is 0 Å². The van der Waals surface area contributed by atoms with E-state index in [9.17, 15) is 14.7 Å². The van der Waals surface area contributed by atoms with Crippen molar-refractivity contribution in [2.24, 2.45) is 0 Å². The number of carbonyl (C=O) groups is 2. The Morgan fingerprint density at radius 1 is 0.947 bits per heavy atom. The second kappa shape index (κ2) is 10.4. The number of benzene rings is 3. The molecule has 1 unspecified atom stereocenters. The quantitative estimate of drug-likeness (QED) is 0.227. The minimum absolute atomic E-state index is 0.0556. The van der Waals surface area contributed by atoms with Gasteiger partial charge in [-0.3, -0.25) is 14.5 Å². The van der Waals surface area contributed by atoms with Gasteiger partial charge < -0.3 is 14.6 Å². The lowest BCUT2D eigenvalue weighted by Gasteiger charge is -2.27. The normalized spacial score (nSPS) is 17.1. The molecule has 6 nitrogen and oxygen atoms in total. The summed E-state index contributed by atoms with van der Waals surface area (Å²) in [5.74, 6) is -0.269. The number of methoxy groups -OCH3 is 1. The first-order chi connectivity index (χ1) is 18.0. The molecule has 1 heterocycles. The summed E-state index contributed by atoms with van der Waals surface area (Å²) in [5.41, 5.74) is 4.43. The molecule has 0 saturated carbocycles. The first-order valence-corrected chi connectivity index (χ1v) is 12.8. The Balaban J connectivity index is 1.93. The second-order valence-electron chi connectivity index (χ2n) is 10.6. The SMILES string of the molecule is CCOc1ccc(N2C(=O)C(=O)/C(=C(/O)c3cc(C)c(OC)cc3C)C2c2ccc(C(C)(C)C)cc2)cc1. The van der Waals surface area contributed by atoms with E-state index in [0.29, 0.717) is 29.4 Å². The molecule has 1 fully saturated rings. The molecule has 3 aromatic carbocycles. The number of aryl methyl sites for hydroxylation is 2. The van der Waals surface area contributed by atoms with Crippen molar-refractivity contribution in [1.82, 2.24) is 0 Å². The van der Waals surface area contributed by atoms with Crippen molar-refractivity contribution in [1.29, 1.82) is 0 Å². The molecular formula is C32H35NO5. The molecule has 1 amide bonds. The lowest BCUT2D eigenvalue weighted by atomic mass is 9.85. The van der Waals surface area contributed by atoms with Crippen LogP contribution < -0.4 is 14.4 Å². The molecule has 198 valence electrons. The van der Waals surface area contributed by atoms with Gasteiger partial charge in [-0.05, 0) is 84.8 Å². The molecule has 1 aliphatic rings. The van der Waals surface area contributed by atoms with E-state index in [1.807, 2.05) is 51.1 Å². The van der Waals surface area contributed by atoms with Crippen LogP contribution in [-0.4, -0.2) is 30.5 Å². The van der Waals surface area contributed by atoms with Gasteiger partial charge in [0.15, 0.2) is 0 Å². The van der Waals surface area contributed by atoms with Crippen LogP contribution in [0, 0.1) is 13.8 Å². The Morgan fingerprint density at radius 3 is 2.13 bits per heavy atom. The van der Waals surface area contributed by atoms with Gasteiger partial charge in [-0.15, -0.1) is 0 Å². The van der Waals surface area contributed by atoms with Crippen LogP contribution in [0.3, 0.4) is 0 Å². The molecular weight excluding hydrogens is 478 g/mol. The van der Waals surface area contributed by atoms with Crippen LogP contribution in [0.4, 0.5) is 5.69 Å². The number of Topliss-reactive ketones (excluding diaryl/α,β-unsaturated/α-hetero) is 1. The van der Waals surface area contributed by atoms with Gasteiger partial charge >= 0.3 is 0 Å². The summed E-state index contributed by atoms with van der Waals surface area (Å²) in [6.07, 6.45) is 0. The topological polar surface area (TPSA) is 76.1 Å². The van der Waals surface area contributed by atoms with Gasteiger partial charge in [-0.25, -0.2) is 0 Å². The van der Waals surface area contributed by atoms with E-state index in [1.165, 1.54) is 4.90 Å². The predicted octanol–water partition coefficient (Wildman–Crippen LogP) is 6.63. The minimum atomic E-state index is -0.802. The third-order valence-corrected chi connectivity index (χ3v) is 6.96. The number of aliphatic hydroxyl groups excluding tert-OH is 1. The summed E-state index contributed by atoms with van der Waals surface area (Å²) in [7, 11) is 1.59. The van der Waals surface area contributed by atoms with E-state index in [2.05, 4.69) is 20.8 Å². The minimum Gasteiger partial charge on any atom is -0.507 e. The van der Waals surface area contributed by atoms with Gasteiger partial charge in [-0.2, -0.15) is 0 Å². The molecule has 3 aromatic rings. The lowest BCUT2D eigenvalue weighted by Crippen LogP contribution is -2.29. The van der Waals surface area contributed by atoms with Crippen molar-refractivity contribution >= 4 is 23.1 Å². The summed E-state index contributed by atoms with van der Waals surface area (Å²) in [6, 6.07) is 17.7. The van der Waals surface area contributed by atoms with E-state index in [0.717, 1.165) is 22.3 Å². The molecule has 0 aliphatic carbocycles. The Kier molecular flexibility index (Phi) is 7.36. The number of rotatable bonds is 6. The maximum absolute atomic E-state index is 13.5. The molecule has 0 radical (unpaired) electrons. The van der Waals surface area contributed by atoms with Crippen LogP contribution in [0.2, 0.25) is 0 Å². The summed E-state index contributed by atoms with van der Waals surface area (Å²) in [6.45, 7) is 12.5. The van der Waals surface area contributed by atoms with Gasteiger partial charge in [-0.1, -0.05) is 45.0 Å². The molecule has 38 heavy (non-hydrogen) atoms. The Bertz CT molecular complexity index is 1400. The van der Waals surface area contributed by atoms with E-state index < -0.39 is 17.7 Å². The third-order valence-electron chi connectivity index (χ3n) is 6.96. The van der Waals surface area contributed by atoms with Crippen molar-refractivity contribution in [3.05, 3.63) is 94.1 Å². The van der Waals surface area contributed by atoms with Gasteiger partial charge in [0.1, 0.15) is 17.3 Å². The highest BCUT2D eigenvalue weighted by Gasteiger charge is 2.47. The molecule has 1 aliphatic heterocycles. The number of anilines is 1. The Morgan fingerprint density at radius 2 is 1.58 bits per heavy atom. The first kappa shape index (κ1) is 27.0. The van der Waals surface area contributed by atoms with Crippen LogP contribution in [0.15, 0.2) is 66.2 Å². The average molecular weight is 514 g/mol. The number of ether oxygens (including phenoxy) is 2. The van der Waals surface area contributed by atoms with Crippen LogP contribution in [-0.2, 0) is 15.0 Å². The molecule has 4 rings (SSSR count). The number of aliphatic hydroxyl groups is 1. The van der Waals surface area contributed by atoms with E-state index in [4.69, 9.17) is 9.47 Å². The lowest BCUT2D eigenvalue weighted by molar-refractivity contribution is -0.132. The summed E-state index contributed by atoms with van der Waals surface area (Å²) < 4.78 is 11.0. The standard InChI is InChI=1S/C32H35NO5/c1-8-38-24-15-13-23(14-16-24)33-28(21-9-11-22(12-10-21)32(4,5)6)27(30(35)31(33)36)29(34)25-17-20(3)26(37-7)18-19(25)2/h9-18,28,34H,8H2,1-7H3/b29-27+. The highest BCUT2D eigenvalue weighted by molar-refractivity contribution is 6.51. The number of hydrogen-bond acceptors (Lipinski definition) is 5. The summed E-state index contributed by atoms with van der Waals surface area (Å²) in [4.78, 5) is 28.5. The largest absolute Gasteiger partial charge is 0.507 e. The summed E-state index contributed by atoms with van der Waals surface area (Å²) >= 11 is 0. The first-order valence-electron chi connectivity index (χ1n) is 12.8. The fraction of sp³-hybridized carbons (Fsp3) is 0.312. The molecule has 6 heteroatoms. The monoisotopic (exact) mass is 513 g/mol. The number of ketones is 1. The van der Waals surface area contributed by atoms with Crippen LogP contribution in [0.25, 0.3) is 5.76 Å². The van der Waals surface area contributed by atoms with Crippen molar-refractivity contribution in [2.45, 2.75) is 53.0 Å². The van der Waals surface area contributed by atoms with E-state index in [-0.39, 0.29) is 16.7 Å². The zero-order valence-electron chi connectivity index (χ0n) is 23.1. The Hall–Kier alpha value is -4.06. The smallest absolute Gasteiger partial charge is 0.300 e. The molecule has 1 atom stereocenters. The zero-order chi connectivity index (χ0) is 27.8. The number of hydrogen-bond donors (Lipinski definition) is 1. The maximum atomic E-state index is 13.5. The van der Waals surface area contributed by atoms with Crippen LogP contribution in [0.1, 0.15) is 61.6 Å². The summed E-state index contributed by atoms with van der Waals surface area (Å²) in [5, 5.41) is 11.6. The van der Waals surface area contributed by atoms with Gasteiger partial charge in [0.2, 0.25) is 0 Å². The maximum Gasteiger partial charge on any atom is 0.300 e. The molecule has 0 bridgehead atoms. The van der Waals surface area contributed by atoms with Crippen molar-refractivity contribution < 1.29 is 24.2 Å². The Labute approximate surface area is 224 Å². The molecule has 0 aromatic heterocycles. The number of nitrogens with zero attached hydrogens (tertiary/aromatic N) is 1. The van der Waals surface area contributed by atoms with Crippen LogP contribution in [0.5, 0.6) is 11.5 Å². The zero-order valence-corrected chi connectivity index (χ0v) is 23.1. The fourth-order valence-corrected chi connectivity index (χ4v) is 4.86. The van der Waals surface area contributed by atoms with E-state index in [1.54, 1.807) is 37.4 Å². The number of carbonyl (C=O) groups excluding carboxylic acids is 2. The second-order valence-corrected chi connectivity index (χ2v) is 10.6. The van der Waals surface area contributed by atoms with E-state index >= 15 is 0 Å². The van der Waals surface area contributed by atoms with Crippen molar-refractivity contribution in [3.8, 4) is 11.5 Å². The molecule has 0 spiro atoms. The highest BCUT2D eigenvalue weighted by atomic mass is 16.5. The highest BCUT2D eigenvalue weighted by Crippen LogP contribution is 2.43. The fourth-order valence-electron chi connectivity index (χ4n) is 4.86. The van der Waals surface area contributed by atoms with Gasteiger partial charge in [0, 0.05) is 11.3 Å². The predicted molar refractivity (Wildman–Crippen MR) is 150 cm³/mol. The molecule has 1 N–H and O–H groups in total. The third kappa shape index (κ3) is 4.91. The van der Waals surface area contributed by atoms with Crippen molar-refractivity contribution in [2.75, 3.05) is 18.6 Å². The van der Waals surface area contributed by atoms with Gasteiger partial charge in [0.05, 0.1) is 25.3 Å². The average Bonchev–Trinajstić information content (AvgIpc) is 3.15. The molecule has 1 saturated heterocycles. The van der Waals surface area contributed by atoms with Gasteiger partial charge in [0.25, 0.3) is 11.7 Å². The number of amides is 1.